The first-order valence-corrected chi connectivity index (χ1v) is 11.9. The van der Waals surface area contributed by atoms with E-state index in [0.29, 0.717) is 22.9 Å². The van der Waals surface area contributed by atoms with Crippen LogP contribution in [0.1, 0.15) is 32.4 Å². The average Bonchev–Trinajstić information content (AvgIpc) is 3.47. The molecule has 3 N–H and O–H groups in total. The van der Waals surface area contributed by atoms with Gasteiger partial charge in [-0.25, -0.2) is 19.6 Å². The van der Waals surface area contributed by atoms with E-state index >= 15 is 0 Å². The number of anilines is 2. The molecule has 0 atom stereocenters. The Balaban J connectivity index is 1.70. The van der Waals surface area contributed by atoms with E-state index in [9.17, 15) is 4.79 Å². The number of nitrogen functional groups attached to an aromatic ring is 1. The number of nitrogens with zero attached hydrogens (tertiary/aromatic N) is 6. The maximum absolute atomic E-state index is 12.1. The van der Waals surface area contributed by atoms with E-state index in [2.05, 4.69) is 50.4 Å². The Labute approximate surface area is 214 Å². The van der Waals surface area contributed by atoms with Gasteiger partial charge >= 0.3 is 0 Å². The van der Waals surface area contributed by atoms with Crippen molar-refractivity contribution in [3.8, 4) is 28.2 Å². The van der Waals surface area contributed by atoms with Crippen LogP contribution in [-0.2, 0) is 4.79 Å². The minimum atomic E-state index is -0.216. The lowest BCUT2D eigenvalue weighted by molar-refractivity contribution is -0.112. The molecule has 5 rings (SSSR count). The van der Waals surface area contributed by atoms with Gasteiger partial charge in [-0.15, -0.1) is 0 Å². The highest BCUT2D eigenvalue weighted by Crippen LogP contribution is 2.43. The van der Waals surface area contributed by atoms with Gasteiger partial charge in [0.05, 0.1) is 17.3 Å². The van der Waals surface area contributed by atoms with Gasteiger partial charge in [-0.2, -0.15) is 5.10 Å². The number of fused-ring (bicyclic) bond motifs is 1. The molecule has 0 fully saturated rings. The molecule has 0 aliphatic rings. The molecule has 4 aromatic heterocycles. The number of carbonyl (C=O) groups excluding carboxylic acids is 1. The van der Waals surface area contributed by atoms with Crippen LogP contribution < -0.4 is 11.1 Å². The van der Waals surface area contributed by atoms with Gasteiger partial charge < -0.3 is 15.6 Å². The molecule has 0 aliphatic carbocycles. The molecule has 4 heterocycles. The third-order valence-corrected chi connectivity index (χ3v) is 6.12. The quantitative estimate of drug-likeness (QED) is 0.309. The fraction of sp³-hybridized carbons (Fsp3) is 0.179. The van der Waals surface area contributed by atoms with Crippen molar-refractivity contribution in [1.29, 1.82) is 0 Å². The summed E-state index contributed by atoms with van der Waals surface area (Å²) in [5, 5.41) is 7.99. The van der Waals surface area contributed by atoms with Gasteiger partial charge in [0.25, 0.3) is 5.91 Å². The molecule has 0 aliphatic heterocycles. The summed E-state index contributed by atoms with van der Waals surface area (Å²) < 4.78 is 3.90. The average molecular weight is 493 g/mol. The summed E-state index contributed by atoms with van der Waals surface area (Å²) in [6, 6.07) is 11.7. The molecule has 0 radical (unpaired) electrons. The second kappa shape index (κ2) is 9.34. The number of benzene rings is 1. The lowest BCUT2D eigenvalue weighted by Gasteiger charge is -2.16. The van der Waals surface area contributed by atoms with Gasteiger partial charge in [0.2, 0.25) is 0 Å². The Morgan fingerprint density at radius 2 is 1.76 bits per heavy atom. The van der Waals surface area contributed by atoms with Crippen molar-refractivity contribution in [3.63, 3.8) is 0 Å². The van der Waals surface area contributed by atoms with Gasteiger partial charge in [0.15, 0.2) is 5.82 Å². The van der Waals surface area contributed by atoms with Crippen molar-refractivity contribution in [2.24, 2.45) is 0 Å². The summed E-state index contributed by atoms with van der Waals surface area (Å²) in [5.41, 5.74) is 13.0. The van der Waals surface area contributed by atoms with Crippen molar-refractivity contribution in [2.75, 3.05) is 11.1 Å². The highest BCUT2D eigenvalue weighted by atomic mass is 16.1. The van der Waals surface area contributed by atoms with Crippen LogP contribution in [0.15, 0.2) is 73.5 Å². The Morgan fingerprint density at radius 3 is 2.35 bits per heavy atom. The monoisotopic (exact) mass is 492 g/mol. The molecule has 1 aromatic carbocycles. The van der Waals surface area contributed by atoms with Gasteiger partial charge in [0.1, 0.15) is 17.8 Å². The number of aryl methyl sites for hydroxylation is 1. The number of nitrogens with two attached hydrogens (primary N) is 1. The van der Waals surface area contributed by atoms with Gasteiger partial charge in [0, 0.05) is 40.8 Å². The largest absolute Gasteiger partial charge is 0.383 e. The van der Waals surface area contributed by atoms with E-state index in [0.717, 1.165) is 39.0 Å². The molecular formula is C28H28N8O. The van der Waals surface area contributed by atoms with Crippen molar-refractivity contribution < 1.29 is 4.79 Å². The SMILES string of the molecule is C=C(C)C(=O)Nc1ccc(-c2c(-c3ccc(-n4cc(C)cn4)nc3)c3c(N)ncnc3n2C(C)C)cc1. The van der Waals surface area contributed by atoms with E-state index in [1.165, 1.54) is 6.33 Å². The van der Waals surface area contributed by atoms with Crippen LogP contribution in [0, 0.1) is 6.92 Å². The number of rotatable bonds is 6. The Kier molecular flexibility index (Phi) is 6.04. The molecule has 186 valence electrons. The van der Waals surface area contributed by atoms with Crippen molar-refractivity contribution in [3.05, 3.63) is 79.0 Å². The molecule has 5 aromatic rings. The number of hydrogen-bond donors (Lipinski definition) is 2. The predicted octanol–water partition coefficient (Wildman–Crippen LogP) is 5.33. The van der Waals surface area contributed by atoms with Gasteiger partial charge in [-0.05, 0) is 63.1 Å². The molecule has 0 saturated heterocycles. The summed E-state index contributed by atoms with van der Waals surface area (Å²) in [5.74, 6) is 0.900. The van der Waals surface area contributed by atoms with E-state index in [1.54, 1.807) is 17.8 Å². The summed E-state index contributed by atoms with van der Waals surface area (Å²) in [4.78, 5) is 25.7. The van der Waals surface area contributed by atoms with Gasteiger partial charge in [-0.3, -0.25) is 4.79 Å². The van der Waals surface area contributed by atoms with E-state index in [4.69, 9.17) is 5.73 Å². The number of nitrogens with one attached hydrogen (secondary N) is 1. The molecule has 37 heavy (non-hydrogen) atoms. The van der Waals surface area contributed by atoms with E-state index < -0.39 is 0 Å². The number of amides is 1. The van der Waals surface area contributed by atoms with Crippen LogP contribution >= 0.6 is 0 Å². The maximum atomic E-state index is 12.1. The summed E-state index contributed by atoms with van der Waals surface area (Å²) in [6.07, 6.45) is 7.04. The fourth-order valence-corrected chi connectivity index (χ4v) is 4.38. The number of carbonyl (C=O) groups is 1. The van der Waals surface area contributed by atoms with E-state index in [-0.39, 0.29) is 11.9 Å². The number of aromatic nitrogens is 6. The molecule has 0 unspecified atom stereocenters. The zero-order chi connectivity index (χ0) is 26.3. The second-order valence-electron chi connectivity index (χ2n) is 9.32. The lowest BCUT2D eigenvalue weighted by Crippen LogP contribution is -2.11. The van der Waals surface area contributed by atoms with Crippen LogP contribution in [0.5, 0.6) is 0 Å². The first kappa shape index (κ1) is 23.9. The van der Waals surface area contributed by atoms with Crippen LogP contribution in [0.2, 0.25) is 0 Å². The van der Waals surface area contributed by atoms with Crippen LogP contribution in [0.25, 0.3) is 39.2 Å². The maximum Gasteiger partial charge on any atom is 0.250 e. The molecule has 0 spiro atoms. The summed E-state index contributed by atoms with van der Waals surface area (Å²) in [7, 11) is 0. The number of pyridine rings is 1. The topological polar surface area (TPSA) is 117 Å². The van der Waals surface area contributed by atoms with Crippen LogP contribution in [0.4, 0.5) is 11.5 Å². The van der Waals surface area contributed by atoms with Crippen molar-refractivity contribution >= 4 is 28.4 Å². The third-order valence-electron chi connectivity index (χ3n) is 6.12. The highest BCUT2D eigenvalue weighted by Gasteiger charge is 2.25. The minimum Gasteiger partial charge on any atom is -0.383 e. The lowest BCUT2D eigenvalue weighted by atomic mass is 9.99. The minimum absolute atomic E-state index is 0.0858. The molecule has 9 nitrogen and oxygen atoms in total. The molecular weight excluding hydrogens is 464 g/mol. The fourth-order valence-electron chi connectivity index (χ4n) is 4.38. The second-order valence-corrected chi connectivity index (χ2v) is 9.32. The summed E-state index contributed by atoms with van der Waals surface area (Å²) >= 11 is 0. The zero-order valence-electron chi connectivity index (χ0n) is 21.2. The number of hydrogen-bond acceptors (Lipinski definition) is 6. The van der Waals surface area contributed by atoms with E-state index in [1.807, 2.05) is 55.7 Å². The van der Waals surface area contributed by atoms with Gasteiger partial charge in [-0.1, -0.05) is 18.7 Å². The molecule has 0 saturated carbocycles. The third kappa shape index (κ3) is 4.35. The molecule has 0 bridgehead atoms. The first-order valence-electron chi connectivity index (χ1n) is 11.9. The Hall–Kier alpha value is -4.79. The Morgan fingerprint density at radius 1 is 1.03 bits per heavy atom. The predicted molar refractivity (Wildman–Crippen MR) is 146 cm³/mol. The summed E-state index contributed by atoms with van der Waals surface area (Å²) in [6.45, 7) is 11.6. The van der Waals surface area contributed by atoms with Crippen molar-refractivity contribution in [1.82, 2.24) is 29.3 Å². The van der Waals surface area contributed by atoms with Crippen molar-refractivity contribution in [2.45, 2.75) is 33.7 Å². The Bertz CT molecular complexity index is 1630. The zero-order valence-corrected chi connectivity index (χ0v) is 21.2. The highest BCUT2D eigenvalue weighted by molar-refractivity contribution is 6.08. The first-order chi connectivity index (χ1) is 17.7. The molecule has 9 heteroatoms. The smallest absolute Gasteiger partial charge is 0.250 e. The normalized spacial score (nSPS) is 11.3. The van der Waals surface area contributed by atoms with Crippen LogP contribution in [-0.4, -0.2) is 35.2 Å². The molecule has 1 amide bonds. The standard InChI is InChI=1S/C28H28N8O/c1-16(2)28(37)34-21-9-6-19(7-10-21)25-23(24-26(29)31-15-32-27(24)36(25)17(3)4)20-8-11-22(30-13-20)35-14-18(5)12-33-35/h6-15,17H,1H2,2-5H3,(H,34,37)(H2,29,31,32). The van der Waals surface area contributed by atoms with Crippen LogP contribution in [0.3, 0.4) is 0 Å².